The van der Waals surface area contributed by atoms with E-state index in [1.807, 2.05) is 18.2 Å². The van der Waals surface area contributed by atoms with E-state index in [1.165, 1.54) is 11.8 Å². The first-order valence-corrected chi connectivity index (χ1v) is 10.6. The highest BCUT2D eigenvalue weighted by Crippen LogP contribution is 2.40. The molecular weight excluding hydrogens is 400 g/mol. The van der Waals surface area contributed by atoms with Crippen molar-refractivity contribution in [3.05, 3.63) is 52.4 Å². The van der Waals surface area contributed by atoms with Gasteiger partial charge in [0.25, 0.3) is 11.8 Å². The molecule has 2 amide bonds. The molecule has 0 saturated carbocycles. The summed E-state index contributed by atoms with van der Waals surface area (Å²) in [5.74, 6) is 1.41. The topological polar surface area (TPSA) is 76.7 Å². The molecule has 158 valence electrons. The van der Waals surface area contributed by atoms with Gasteiger partial charge < -0.3 is 20.1 Å². The normalized spacial score (nSPS) is 14.3. The lowest BCUT2D eigenvalue weighted by atomic mass is 10.1. The number of methoxy groups -OCH3 is 2. The molecule has 0 aromatic heterocycles. The molecule has 0 atom stereocenters. The van der Waals surface area contributed by atoms with Crippen LogP contribution >= 0.6 is 11.8 Å². The summed E-state index contributed by atoms with van der Waals surface area (Å²) in [7, 11) is 3.15. The zero-order chi connectivity index (χ0) is 21.7. The second kappa shape index (κ2) is 9.71. The maximum Gasteiger partial charge on any atom is 0.262 e. The summed E-state index contributed by atoms with van der Waals surface area (Å²) in [5, 5.41) is 5.80. The second-order valence-electron chi connectivity index (χ2n) is 7.33. The Labute approximate surface area is 181 Å². The number of thioether (sulfide) groups is 1. The Kier molecular flexibility index (Phi) is 7.05. The molecule has 1 heterocycles. The summed E-state index contributed by atoms with van der Waals surface area (Å²) in [6, 6.07) is 10.8. The van der Waals surface area contributed by atoms with Gasteiger partial charge in [-0.3, -0.25) is 9.59 Å². The summed E-state index contributed by atoms with van der Waals surface area (Å²) in [5.41, 5.74) is 2.01. The molecule has 7 heteroatoms. The number of fused-ring (bicyclic) bond motifs is 1. The van der Waals surface area contributed by atoms with Crippen LogP contribution < -0.4 is 20.1 Å². The third-order valence-electron chi connectivity index (χ3n) is 4.65. The Bertz CT molecular complexity index is 985. The molecule has 0 saturated heterocycles. The van der Waals surface area contributed by atoms with Crippen LogP contribution in [0, 0.1) is 5.92 Å². The van der Waals surface area contributed by atoms with E-state index in [2.05, 4.69) is 24.5 Å². The zero-order valence-electron chi connectivity index (χ0n) is 17.6. The van der Waals surface area contributed by atoms with Crippen LogP contribution in [0.1, 0.15) is 36.2 Å². The number of nitrogens with one attached hydrogen (secondary N) is 2. The van der Waals surface area contributed by atoms with E-state index in [0.717, 1.165) is 16.9 Å². The Morgan fingerprint density at radius 2 is 1.90 bits per heavy atom. The van der Waals surface area contributed by atoms with Crippen molar-refractivity contribution >= 4 is 35.3 Å². The van der Waals surface area contributed by atoms with E-state index in [9.17, 15) is 9.59 Å². The first kappa shape index (κ1) is 21.8. The van der Waals surface area contributed by atoms with Crippen molar-refractivity contribution in [3.8, 4) is 11.5 Å². The van der Waals surface area contributed by atoms with Gasteiger partial charge in [0.05, 0.1) is 24.8 Å². The smallest absolute Gasteiger partial charge is 0.262 e. The fraction of sp³-hybridized carbons (Fsp3) is 0.304. The number of benzene rings is 2. The summed E-state index contributed by atoms with van der Waals surface area (Å²) in [6.07, 6.45) is 2.73. The van der Waals surface area contributed by atoms with Crippen LogP contribution in [0.15, 0.2) is 46.2 Å². The number of rotatable bonds is 7. The van der Waals surface area contributed by atoms with Crippen LogP contribution in [0.5, 0.6) is 11.5 Å². The van der Waals surface area contributed by atoms with Gasteiger partial charge in [-0.15, -0.1) is 0 Å². The molecule has 0 bridgehead atoms. The molecule has 1 aliphatic heterocycles. The van der Waals surface area contributed by atoms with Gasteiger partial charge >= 0.3 is 0 Å². The van der Waals surface area contributed by atoms with Gasteiger partial charge in [-0.1, -0.05) is 31.7 Å². The van der Waals surface area contributed by atoms with Crippen molar-refractivity contribution < 1.29 is 19.1 Å². The molecular formula is C23H26N2O4S. The van der Waals surface area contributed by atoms with Crippen LogP contribution in [0.3, 0.4) is 0 Å². The number of hydrogen-bond acceptors (Lipinski definition) is 5. The van der Waals surface area contributed by atoms with Crippen LogP contribution in [-0.2, 0) is 4.79 Å². The molecule has 3 rings (SSSR count). The van der Waals surface area contributed by atoms with Gasteiger partial charge in [0.1, 0.15) is 0 Å². The second-order valence-corrected chi connectivity index (χ2v) is 8.41. The SMILES string of the molecule is COc1ccc(C=C2Sc3ccc(C(=O)NCCC(C)C)cc3NC2=O)cc1OC. The average molecular weight is 427 g/mol. The van der Waals surface area contributed by atoms with E-state index >= 15 is 0 Å². The molecule has 1 aliphatic rings. The van der Waals surface area contributed by atoms with E-state index in [-0.39, 0.29) is 11.8 Å². The van der Waals surface area contributed by atoms with Gasteiger partial charge in [0.2, 0.25) is 0 Å². The fourth-order valence-electron chi connectivity index (χ4n) is 2.97. The number of carbonyl (C=O) groups excluding carboxylic acids is 2. The van der Waals surface area contributed by atoms with Crippen molar-refractivity contribution in [1.29, 1.82) is 0 Å². The minimum Gasteiger partial charge on any atom is -0.493 e. The minimum atomic E-state index is -0.209. The quantitative estimate of drug-likeness (QED) is 0.635. The van der Waals surface area contributed by atoms with Crippen LogP contribution in [0.4, 0.5) is 5.69 Å². The molecule has 0 radical (unpaired) electrons. The van der Waals surface area contributed by atoms with E-state index in [4.69, 9.17) is 9.47 Å². The molecule has 30 heavy (non-hydrogen) atoms. The first-order valence-electron chi connectivity index (χ1n) is 9.76. The van der Waals surface area contributed by atoms with Gasteiger partial charge in [0.15, 0.2) is 11.5 Å². The van der Waals surface area contributed by atoms with E-state index < -0.39 is 0 Å². The van der Waals surface area contributed by atoms with Crippen molar-refractivity contribution in [2.24, 2.45) is 5.92 Å². The third-order valence-corrected chi connectivity index (χ3v) is 5.75. The van der Waals surface area contributed by atoms with Crippen LogP contribution in [-0.4, -0.2) is 32.6 Å². The van der Waals surface area contributed by atoms with Crippen molar-refractivity contribution in [1.82, 2.24) is 5.32 Å². The molecule has 0 fully saturated rings. The van der Waals surface area contributed by atoms with Gasteiger partial charge in [-0.25, -0.2) is 0 Å². The van der Waals surface area contributed by atoms with Crippen LogP contribution in [0.25, 0.3) is 6.08 Å². The maximum atomic E-state index is 12.6. The van der Waals surface area contributed by atoms with E-state index in [0.29, 0.717) is 40.1 Å². The lowest BCUT2D eigenvalue weighted by Gasteiger charge is -2.19. The molecule has 0 spiro atoms. The predicted molar refractivity (Wildman–Crippen MR) is 120 cm³/mol. The molecule has 2 aromatic rings. The average Bonchev–Trinajstić information content (AvgIpc) is 2.73. The summed E-state index contributed by atoms with van der Waals surface area (Å²) in [4.78, 5) is 26.4. The molecule has 2 N–H and O–H groups in total. The number of hydrogen-bond donors (Lipinski definition) is 2. The summed E-state index contributed by atoms with van der Waals surface area (Å²) in [6.45, 7) is 4.86. The highest BCUT2D eigenvalue weighted by Gasteiger charge is 2.22. The van der Waals surface area contributed by atoms with Crippen molar-refractivity contribution in [2.45, 2.75) is 25.2 Å². The molecule has 0 aliphatic carbocycles. The van der Waals surface area contributed by atoms with Crippen molar-refractivity contribution in [3.63, 3.8) is 0 Å². The highest BCUT2D eigenvalue weighted by atomic mass is 32.2. The number of carbonyl (C=O) groups is 2. The Morgan fingerprint density at radius 3 is 2.60 bits per heavy atom. The van der Waals surface area contributed by atoms with Gasteiger partial charge in [0, 0.05) is 17.0 Å². The predicted octanol–water partition coefficient (Wildman–Crippen LogP) is 4.57. The largest absolute Gasteiger partial charge is 0.493 e. The highest BCUT2D eigenvalue weighted by molar-refractivity contribution is 8.04. The Balaban J connectivity index is 1.77. The molecule has 6 nitrogen and oxygen atoms in total. The minimum absolute atomic E-state index is 0.135. The standard InChI is InChI=1S/C23H26N2O4S/c1-14(2)9-10-24-22(26)16-6-8-20-17(13-16)25-23(27)21(30-20)12-15-5-7-18(28-3)19(11-15)29-4/h5-8,11-14H,9-10H2,1-4H3,(H,24,26)(H,25,27). The number of anilines is 1. The molecule has 0 unspecified atom stereocenters. The number of ether oxygens (including phenoxy) is 2. The van der Waals surface area contributed by atoms with Gasteiger partial charge in [-0.05, 0) is 54.3 Å². The lowest BCUT2D eigenvalue weighted by molar-refractivity contribution is -0.112. The van der Waals surface area contributed by atoms with Crippen LogP contribution in [0.2, 0.25) is 0 Å². The van der Waals surface area contributed by atoms with Gasteiger partial charge in [-0.2, -0.15) is 0 Å². The fourth-order valence-corrected chi connectivity index (χ4v) is 3.90. The summed E-state index contributed by atoms with van der Waals surface area (Å²) < 4.78 is 10.6. The third kappa shape index (κ3) is 5.16. The number of amides is 2. The Hall–Kier alpha value is -2.93. The maximum absolute atomic E-state index is 12.6. The molecule has 2 aromatic carbocycles. The van der Waals surface area contributed by atoms with E-state index in [1.54, 1.807) is 38.5 Å². The monoisotopic (exact) mass is 426 g/mol. The summed E-state index contributed by atoms with van der Waals surface area (Å²) >= 11 is 1.37. The van der Waals surface area contributed by atoms with Crippen molar-refractivity contribution in [2.75, 3.05) is 26.1 Å². The Morgan fingerprint density at radius 1 is 1.13 bits per heavy atom. The zero-order valence-corrected chi connectivity index (χ0v) is 18.4. The lowest BCUT2D eigenvalue weighted by Crippen LogP contribution is -2.26. The first-order chi connectivity index (χ1) is 14.4.